The first-order valence-electron chi connectivity index (χ1n) is 6.05. The van der Waals surface area contributed by atoms with Crippen LogP contribution in [0.15, 0.2) is 0 Å². The summed E-state index contributed by atoms with van der Waals surface area (Å²) < 4.78 is 0. The molecule has 0 spiro atoms. The zero-order valence-corrected chi connectivity index (χ0v) is 10.9. The van der Waals surface area contributed by atoms with Crippen molar-refractivity contribution < 1.29 is 4.79 Å². The normalized spacial score (nSPS) is 17.9. The highest BCUT2D eigenvalue weighted by molar-refractivity contribution is 7.99. The minimum atomic E-state index is -0.208. The third-order valence-electron chi connectivity index (χ3n) is 2.91. The summed E-state index contributed by atoms with van der Waals surface area (Å²) in [7, 11) is 0. The Hall–Kier alpha value is -0.260. The Morgan fingerprint density at radius 3 is 2.75 bits per heavy atom. The van der Waals surface area contributed by atoms with Gasteiger partial charge in [-0.25, -0.2) is 0 Å². The number of amides is 1. The van der Waals surface area contributed by atoms with Crippen LogP contribution in [-0.4, -0.2) is 54.5 Å². The number of nitrogens with zero attached hydrogens (tertiary/aromatic N) is 1. The predicted octanol–water partition coefficient (Wildman–Crippen LogP) is 0.279. The van der Waals surface area contributed by atoms with Crippen LogP contribution in [0.3, 0.4) is 0 Å². The van der Waals surface area contributed by atoms with Gasteiger partial charge in [-0.3, -0.25) is 9.69 Å². The number of carbonyl (C=O) groups is 1. The lowest BCUT2D eigenvalue weighted by Crippen LogP contribution is -2.47. The fraction of sp³-hybridized carbons (Fsp3) is 0.909. The number of hydrogen-bond donors (Lipinski definition) is 2. The summed E-state index contributed by atoms with van der Waals surface area (Å²) in [5.41, 5.74) is 5.30. The van der Waals surface area contributed by atoms with E-state index in [1.54, 1.807) is 0 Å². The molecule has 1 aliphatic rings. The number of piperidine rings is 1. The van der Waals surface area contributed by atoms with Gasteiger partial charge in [0.1, 0.15) is 0 Å². The van der Waals surface area contributed by atoms with Gasteiger partial charge in [0.2, 0.25) is 5.91 Å². The fourth-order valence-corrected chi connectivity index (χ4v) is 2.74. The molecule has 94 valence electrons. The monoisotopic (exact) mass is 245 g/mol. The van der Waals surface area contributed by atoms with Crippen LogP contribution in [-0.2, 0) is 4.79 Å². The molecule has 0 atom stereocenters. The lowest BCUT2D eigenvalue weighted by atomic mass is 10.0. The SMILES string of the molecule is CCSCCN(CC(N)=O)C1CCNCC1. The molecule has 16 heavy (non-hydrogen) atoms. The summed E-state index contributed by atoms with van der Waals surface area (Å²) in [4.78, 5) is 13.3. The van der Waals surface area contributed by atoms with Crippen molar-refractivity contribution in [1.29, 1.82) is 0 Å². The van der Waals surface area contributed by atoms with Gasteiger partial charge in [0.15, 0.2) is 0 Å². The molecule has 1 rings (SSSR count). The van der Waals surface area contributed by atoms with Crippen molar-refractivity contribution in [3.63, 3.8) is 0 Å². The first-order valence-corrected chi connectivity index (χ1v) is 7.20. The van der Waals surface area contributed by atoms with E-state index in [9.17, 15) is 4.79 Å². The smallest absolute Gasteiger partial charge is 0.231 e. The molecule has 0 aromatic carbocycles. The van der Waals surface area contributed by atoms with Crippen LogP contribution < -0.4 is 11.1 Å². The number of rotatable bonds is 7. The summed E-state index contributed by atoms with van der Waals surface area (Å²) in [5.74, 6) is 2.02. The maximum absolute atomic E-state index is 11.0. The summed E-state index contributed by atoms with van der Waals surface area (Å²) in [5, 5.41) is 3.34. The van der Waals surface area contributed by atoms with Gasteiger partial charge in [-0.1, -0.05) is 6.92 Å². The zero-order valence-electron chi connectivity index (χ0n) is 10.1. The molecule has 3 N–H and O–H groups in total. The number of hydrogen-bond acceptors (Lipinski definition) is 4. The van der Waals surface area contributed by atoms with E-state index in [-0.39, 0.29) is 5.91 Å². The largest absolute Gasteiger partial charge is 0.369 e. The third kappa shape index (κ3) is 5.18. The topological polar surface area (TPSA) is 58.4 Å². The van der Waals surface area contributed by atoms with Crippen molar-refractivity contribution in [1.82, 2.24) is 10.2 Å². The molecule has 1 saturated heterocycles. The van der Waals surface area contributed by atoms with Crippen molar-refractivity contribution in [3.05, 3.63) is 0 Å². The lowest BCUT2D eigenvalue weighted by molar-refractivity contribution is -0.119. The summed E-state index contributed by atoms with van der Waals surface area (Å²) in [6.45, 7) is 5.66. The molecular formula is C11H23N3OS. The van der Waals surface area contributed by atoms with Crippen LogP contribution in [0, 0.1) is 0 Å². The van der Waals surface area contributed by atoms with Crippen LogP contribution in [0.5, 0.6) is 0 Å². The van der Waals surface area contributed by atoms with Gasteiger partial charge in [-0.2, -0.15) is 11.8 Å². The molecule has 0 aromatic heterocycles. The van der Waals surface area contributed by atoms with Crippen LogP contribution in [0.25, 0.3) is 0 Å². The Bertz CT molecular complexity index is 207. The molecule has 1 heterocycles. The number of carbonyl (C=O) groups excluding carboxylic acids is 1. The number of nitrogens with one attached hydrogen (secondary N) is 1. The molecule has 4 nitrogen and oxygen atoms in total. The van der Waals surface area contributed by atoms with Gasteiger partial charge in [0, 0.05) is 18.3 Å². The predicted molar refractivity (Wildman–Crippen MR) is 69.7 cm³/mol. The Labute approximate surface area is 102 Å². The molecule has 0 radical (unpaired) electrons. The van der Waals surface area contributed by atoms with E-state index in [4.69, 9.17) is 5.73 Å². The first-order chi connectivity index (χ1) is 7.74. The van der Waals surface area contributed by atoms with Crippen molar-refractivity contribution in [2.75, 3.05) is 37.7 Å². The van der Waals surface area contributed by atoms with Crippen molar-refractivity contribution in [2.45, 2.75) is 25.8 Å². The van der Waals surface area contributed by atoms with Gasteiger partial charge in [0.05, 0.1) is 6.54 Å². The minimum Gasteiger partial charge on any atom is -0.369 e. The zero-order chi connectivity index (χ0) is 11.8. The summed E-state index contributed by atoms with van der Waals surface area (Å²) >= 11 is 1.92. The van der Waals surface area contributed by atoms with Crippen molar-refractivity contribution in [3.8, 4) is 0 Å². The minimum absolute atomic E-state index is 0.208. The Morgan fingerprint density at radius 2 is 2.19 bits per heavy atom. The second-order valence-corrected chi connectivity index (χ2v) is 5.51. The van der Waals surface area contributed by atoms with Gasteiger partial charge in [-0.15, -0.1) is 0 Å². The van der Waals surface area contributed by atoms with E-state index in [1.165, 1.54) is 0 Å². The Kier molecular flexibility index (Phi) is 6.84. The first kappa shape index (κ1) is 13.8. The second-order valence-electron chi connectivity index (χ2n) is 4.11. The van der Waals surface area contributed by atoms with E-state index >= 15 is 0 Å². The molecule has 1 amide bonds. The standard InChI is InChI=1S/C11H23N3OS/c1-2-16-8-7-14(9-11(12)15)10-3-5-13-6-4-10/h10,13H,2-9H2,1H3,(H2,12,15). The van der Waals surface area contributed by atoms with Crippen LogP contribution in [0.1, 0.15) is 19.8 Å². The molecule has 0 aromatic rings. The third-order valence-corrected chi connectivity index (χ3v) is 3.79. The molecule has 5 heteroatoms. The van der Waals surface area contributed by atoms with Crippen LogP contribution in [0.2, 0.25) is 0 Å². The van der Waals surface area contributed by atoms with Crippen molar-refractivity contribution >= 4 is 17.7 Å². The second kappa shape index (κ2) is 7.92. The molecule has 1 fully saturated rings. The Balaban J connectivity index is 2.37. The Morgan fingerprint density at radius 1 is 1.50 bits per heavy atom. The lowest BCUT2D eigenvalue weighted by Gasteiger charge is -2.33. The maximum atomic E-state index is 11.0. The van der Waals surface area contributed by atoms with Gasteiger partial charge in [-0.05, 0) is 31.7 Å². The molecule has 0 aliphatic carbocycles. The van der Waals surface area contributed by atoms with Crippen LogP contribution in [0.4, 0.5) is 0 Å². The molecule has 0 unspecified atom stereocenters. The number of primary amides is 1. The quantitative estimate of drug-likeness (QED) is 0.633. The highest BCUT2D eigenvalue weighted by atomic mass is 32.2. The summed E-state index contributed by atoms with van der Waals surface area (Å²) in [6.07, 6.45) is 2.26. The van der Waals surface area contributed by atoms with Gasteiger partial charge < -0.3 is 11.1 Å². The van der Waals surface area contributed by atoms with E-state index < -0.39 is 0 Å². The van der Waals surface area contributed by atoms with Gasteiger partial charge >= 0.3 is 0 Å². The van der Waals surface area contributed by atoms with E-state index in [0.29, 0.717) is 12.6 Å². The molecule has 0 saturated carbocycles. The maximum Gasteiger partial charge on any atom is 0.231 e. The van der Waals surface area contributed by atoms with Crippen LogP contribution >= 0.6 is 11.8 Å². The van der Waals surface area contributed by atoms with Gasteiger partial charge in [0.25, 0.3) is 0 Å². The average molecular weight is 245 g/mol. The van der Waals surface area contributed by atoms with E-state index in [2.05, 4.69) is 17.1 Å². The summed E-state index contributed by atoms with van der Waals surface area (Å²) in [6, 6.07) is 0.534. The van der Waals surface area contributed by atoms with Crippen molar-refractivity contribution in [2.24, 2.45) is 5.73 Å². The highest BCUT2D eigenvalue weighted by Gasteiger charge is 2.21. The van der Waals surface area contributed by atoms with E-state index in [1.807, 2.05) is 11.8 Å². The molecule has 1 aliphatic heterocycles. The molecular weight excluding hydrogens is 222 g/mol. The fourth-order valence-electron chi connectivity index (χ4n) is 2.09. The number of nitrogens with two attached hydrogens (primary N) is 1. The van der Waals surface area contributed by atoms with E-state index in [0.717, 1.165) is 44.0 Å². The molecule has 0 bridgehead atoms. The average Bonchev–Trinajstić information content (AvgIpc) is 2.29. The number of thioether (sulfide) groups is 1. The highest BCUT2D eigenvalue weighted by Crippen LogP contribution is 2.12.